The van der Waals surface area contributed by atoms with Gasteiger partial charge in [0, 0.05) is 18.4 Å². The molecule has 0 fully saturated rings. The van der Waals surface area contributed by atoms with Crippen LogP contribution in [-0.4, -0.2) is 22.4 Å². The highest BCUT2D eigenvalue weighted by molar-refractivity contribution is 6.11. The zero-order chi connectivity index (χ0) is 22.0. The lowest BCUT2D eigenvalue weighted by Crippen LogP contribution is -2.21. The van der Waals surface area contributed by atoms with Crippen molar-refractivity contribution in [2.75, 3.05) is 7.11 Å². The van der Waals surface area contributed by atoms with E-state index in [9.17, 15) is 9.59 Å². The smallest absolute Gasteiger partial charge is 0.202 e. The van der Waals surface area contributed by atoms with E-state index in [0.29, 0.717) is 28.9 Å². The van der Waals surface area contributed by atoms with Gasteiger partial charge in [0.25, 0.3) is 0 Å². The van der Waals surface area contributed by atoms with Gasteiger partial charge in [0.05, 0.1) is 23.6 Å². The van der Waals surface area contributed by atoms with E-state index in [1.165, 1.54) is 7.11 Å². The predicted molar refractivity (Wildman–Crippen MR) is 123 cm³/mol. The Bertz CT molecular complexity index is 1350. The van der Waals surface area contributed by atoms with Gasteiger partial charge in [0.2, 0.25) is 11.2 Å². The Morgan fingerprint density at radius 3 is 2.52 bits per heavy atom. The lowest BCUT2D eigenvalue weighted by molar-refractivity contribution is 0.103. The quantitative estimate of drug-likeness (QED) is 0.435. The number of para-hydroxylation sites is 1. The topological polar surface area (TPSA) is 61.2 Å². The van der Waals surface area contributed by atoms with Crippen LogP contribution in [0, 0.1) is 6.92 Å². The predicted octanol–water partition coefficient (Wildman–Crippen LogP) is 4.64. The van der Waals surface area contributed by atoms with E-state index in [0.717, 1.165) is 16.8 Å². The van der Waals surface area contributed by atoms with Crippen molar-refractivity contribution in [3.05, 3.63) is 112 Å². The van der Waals surface area contributed by atoms with Gasteiger partial charge in [-0.2, -0.15) is 0 Å². The molecule has 0 amide bonds. The molecule has 0 atom stereocenters. The average molecular weight is 410 g/mol. The van der Waals surface area contributed by atoms with Crippen molar-refractivity contribution in [2.45, 2.75) is 13.5 Å². The van der Waals surface area contributed by atoms with Gasteiger partial charge in [0.15, 0.2) is 0 Å². The lowest BCUT2D eigenvalue weighted by atomic mass is 10.0. The maximum Gasteiger partial charge on any atom is 0.202 e. The van der Waals surface area contributed by atoms with Gasteiger partial charge in [-0.05, 0) is 42.3 Å². The Morgan fingerprint density at radius 1 is 1.06 bits per heavy atom. The van der Waals surface area contributed by atoms with Crippen LogP contribution in [0.25, 0.3) is 17.1 Å². The van der Waals surface area contributed by atoms with E-state index in [2.05, 4.69) is 11.6 Å². The van der Waals surface area contributed by atoms with E-state index in [-0.39, 0.29) is 16.8 Å². The number of carbonyl (C=O) groups is 1. The number of hydrogen-bond donors (Lipinski definition) is 0. The van der Waals surface area contributed by atoms with Crippen LogP contribution in [0.15, 0.2) is 78.2 Å². The summed E-state index contributed by atoms with van der Waals surface area (Å²) < 4.78 is 7.19. The minimum atomic E-state index is -0.374. The van der Waals surface area contributed by atoms with E-state index < -0.39 is 0 Å². The zero-order valence-corrected chi connectivity index (χ0v) is 17.5. The summed E-state index contributed by atoms with van der Waals surface area (Å²) in [5.41, 5.74) is 3.50. The van der Waals surface area contributed by atoms with Gasteiger partial charge in [-0.3, -0.25) is 9.59 Å². The minimum Gasteiger partial charge on any atom is -0.496 e. The molecule has 0 spiro atoms. The molecule has 5 heteroatoms. The third kappa shape index (κ3) is 3.90. The Labute approximate surface area is 180 Å². The molecule has 0 aliphatic rings. The van der Waals surface area contributed by atoms with Crippen LogP contribution >= 0.6 is 0 Å². The van der Waals surface area contributed by atoms with Crippen LogP contribution in [0.3, 0.4) is 0 Å². The number of aromatic nitrogens is 2. The number of ketones is 1. The van der Waals surface area contributed by atoms with E-state index in [1.54, 1.807) is 48.7 Å². The fourth-order valence-corrected chi connectivity index (χ4v) is 3.58. The van der Waals surface area contributed by atoms with Crippen LogP contribution < -0.4 is 10.2 Å². The lowest BCUT2D eigenvalue weighted by Gasteiger charge is -2.14. The number of rotatable bonds is 6. The number of carbonyl (C=O) groups excluding carboxylic acids is 1. The Kier molecular flexibility index (Phi) is 5.50. The maximum absolute atomic E-state index is 13.3. The number of pyridine rings is 2. The van der Waals surface area contributed by atoms with Crippen LogP contribution in [0.2, 0.25) is 0 Å². The Morgan fingerprint density at radius 2 is 1.81 bits per heavy atom. The molecular weight excluding hydrogens is 388 g/mol. The first-order chi connectivity index (χ1) is 15.0. The first kappa shape index (κ1) is 20.3. The summed E-state index contributed by atoms with van der Waals surface area (Å²) in [6.07, 6.45) is 3.39. The van der Waals surface area contributed by atoms with Crippen molar-refractivity contribution < 1.29 is 9.53 Å². The minimum absolute atomic E-state index is 0.0883. The summed E-state index contributed by atoms with van der Waals surface area (Å²) in [4.78, 5) is 31.1. The van der Waals surface area contributed by atoms with Crippen molar-refractivity contribution in [1.82, 2.24) is 9.55 Å². The van der Waals surface area contributed by atoms with E-state index in [4.69, 9.17) is 4.74 Å². The fourth-order valence-electron chi connectivity index (χ4n) is 3.58. The van der Waals surface area contributed by atoms with Gasteiger partial charge < -0.3 is 9.30 Å². The molecule has 2 aromatic heterocycles. The molecule has 4 aromatic rings. The second-order valence-electron chi connectivity index (χ2n) is 7.30. The summed E-state index contributed by atoms with van der Waals surface area (Å²) in [5, 5.41) is 0.411. The first-order valence-corrected chi connectivity index (χ1v) is 9.91. The van der Waals surface area contributed by atoms with Gasteiger partial charge >= 0.3 is 0 Å². The standard InChI is InChI=1S/C26H22N2O3/c1-4-18-10-12-19(13-11-18)15-28-16-22(24(29)20-7-5-6-8-23(20)31-3)25(30)21-14-9-17(2)27-26(21)28/h4-14,16H,1,15H2,2-3H3. The molecule has 0 saturated carbocycles. The van der Waals surface area contributed by atoms with E-state index >= 15 is 0 Å². The molecule has 0 N–H and O–H groups in total. The molecule has 2 aromatic carbocycles. The third-order valence-corrected chi connectivity index (χ3v) is 5.23. The molecule has 0 unspecified atom stereocenters. The van der Waals surface area contributed by atoms with Crippen molar-refractivity contribution in [3.63, 3.8) is 0 Å². The molecule has 4 rings (SSSR count). The summed E-state index contributed by atoms with van der Waals surface area (Å²) >= 11 is 0. The molecular formula is C26H22N2O3. The number of ether oxygens (including phenoxy) is 1. The van der Waals surface area contributed by atoms with Crippen LogP contribution in [0.5, 0.6) is 5.75 Å². The highest BCUT2D eigenvalue weighted by Gasteiger charge is 2.20. The van der Waals surface area contributed by atoms with Crippen molar-refractivity contribution >= 4 is 22.9 Å². The average Bonchev–Trinajstić information content (AvgIpc) is 2.80. The number of methoxy groups -OCH3 is 1. The summed E-state index contributed by atoms with van der Waals surface area (Å²) in [7, 11) is 1.50. The monoisotopic (exact) mass is 410 g/mol. The second kappa shape index (κ2) is 8.40. The van der Waals surface area contributed by atoms with E-state index in [1.807, 2.05) is 35.8 Å². The van der Waals surface area contributed by atoms with Crippen LogP contribution in [0.4, 0.5) is 0 Å². The molecule has 31 heavy (non-hydrogen) atoms. The summed E-state index contributed by atoms with van der Waals surface area (Å²) in [6.45, 7) is 6.13. The summed E-state index contributed by atoms with van der Waals surface area (Å²) in [5.74, 6) is 0.0567. The van der Waals surface area contributed by atoms with Crippen LogP contribution in [-0.2, 0) is 6.54 Å². The number of benzene rings is 2. The number of nitrogens with zero attached hydrogens (tertiary/aromatic N) is 2. The first-order valence-electron chi connectivity index (χ1n) is 9.91. The number of aryl methyl sites for hydroxylation is 1. The third-order valence-electron chi connectivity index (χ3n) is 5.23. The van der Waals surface area contributed by atoms with Crippen molar-refractivity contribution in [1.29, 1.82) is 0 Å². The van der Waals surface area contributed by atoms with Gasteiger partial charge in [0.1, 0.15) is 11.4 Å². The Hall–Kier alpha value is -3.99. The largest absolute Gasteiger partial charge is 0.496 e. The second-order valence-corrected chi connectivity index (χ2v) is 7.30. The molecule has 0 aliphatic heterocycles. The van der Waals surface area contributed by atoms with Gasteiger partial charge in [-0.15, -0.1) is 0 Å². The molecule has 0 saturated heterocycles. The van der Waals surface area contributed by atoms with Crippen molar-refractivity contribution in [2.24, 2.45) is 0 Å². The molecule has 2 heterocycles. The van der Waals surface area contributed by atoms with Crippen LogP contribution in [0.1, 0.15) is 32.7 Å². The highest BCUT2D eigenvalue weighted by atomic mass is 16.5. The normalized spacial score (nSPS) is 10.8. The SMILES string of the molecule is C=Cc1ccc(Cn2cc(C(=O)c3ccccc3OC)c(=O)c3ccc(C)nc32)cc1. The van der Waals surface area contributed by atoms with Gasteiger partial charge in [-0.25, -0.2) is 4.98 Å². The number of hydrogen-bond acceptors (Lipinski definition) is 4. The maximum atomic E-state index is 13.3. The molecule has 0 aliphatic carbocycles. The Balaban J connectivity index is 1.89. The molecule has 154 valence electrons. The van der Waals surface area contributed by atoms with Gasteiger partial charge in [-0.1, -0.05) is 49.1 Å². The number of fused-ring (bicyclic) bond motifs is 1. The molecule has 5 nitrogen and oxygen atoms in total. The zero-order valence-electron chi connectivity index (χ0n) is 17.5. The molecule has 0 radical (unpaired) electrons. The van der Waals surface area contributed by atoms with Crippen molar-refractivity contribution in [3.8, 4) is 5.75 Å². The highest BCUT2D eigenvalue weighted by Crippen LogP contribution is 2.22. The summed E-state index contributed by atoms with van der Waals surface area (Å²) in [6, 6.07) is 18.4. The molecule has 0 bridgehead atoms. The fraction of sp³-hybridized carbons (Fsp3) is 0.115.